The quantitative estimate of drug-likeness (QED) is 0.0323. The number of aromatic nitrogens is 4. The van der Waals surface area contributed by atoms with Gasteiger partial charge < -0.3 is 39.0 Å². The van der Waals surface area contributed by atoms with Gasteiger partial charge in [0.25, 0.3) is 43.2 Å². The van der Waals surface area contributed by atoms with E-state index < -0.39 is 41.7 Å². The maximum atomic E-state index is 14.1. The van der Waals surface area contributed by atoms with Gasteiger partial charge in [-0.3, -0.25) is 39.6 Å². The number of piperazine rings is 2. The number of hydrogen-bond acceptors (Lipinski definition) is 22. The van der Waals surface area contributed by atoms with Crippen molar-refractivity contribution < 1.29 is 45.7 Å². The SMILES string of the molecule is CC1(C)CCC(CN2CCN(c3ccc(C(=O)NS(=O)(=O)c4cc5c(c([N+](=O)[O-])c4)C[C@H](CN4CCCCC4)CS5)c(Oc4cnc5[nH]ccc5c4)c3)CC2)=C(c2ccc(Cl)cc2)C1.CN(C)C[C@@H]1CSc2cc(S(=O)(=O)NC(=O)c3ccc(N4CCN(CC5=C(c6ccc(Cl)cc6)CC(C)(C)CC5)CC4)cc3Oc3cnc4[nH]ccc4c3)cc([N+](=O)[O-])c2C1. The van der Waals surface area contributed by atoms with Crippen LogP contribution in [0.2, 0.25) is 10.0 Å². The van der Waals surface area contributed by atoms with Crippen molar-refractivity contribution >= 4 is 135 Å². The molecule has 4 aromatic heterocycles. The molecule has 6 aromatic carbocycles. The van der Waals surface area contributed by atoms with Gasteiger partial charge in [-0.1, -0.05) is 92.7 Å². The van der Waals surface area contributed by atoms with Crippen LogP contribution >= 0.6 is 46.7 Å². The molecule has 0 unspecified atom stereocenters. The van der Waals surface area contributed by atoms with Gasteiger partial charge in [0.05, 0.1) is 43.2 Å². The number of nitro groups is 2. The number of H-pyrrole nitrogens is 2. The molecular weight excluding hydrogens is 1700 g/mol. The molecule has 0 radical (unpaired) electrons. The molecule has 3 saturated heterocycles. The number of piperidine rings is 1. The van der Waals surface area contributed by atoms with E-state index in [0.29, 0.717) is 62.3 Å². The van der Waals surface area contributed by atoms with Gasteiger partial charge >= 0.3 is 0 Å². The Labute approximate surface area is 747 Å². The summed E-state index contributed by atoms with van der Waals surface area (Å²) >= 11 is 15.3. The van der Waals surface area contributed by atoms with E-state index in [9.17, 15) is 46.7 Å². The molecule has 3 fully saturated rings. The fourth-order valence-electron chi connectivity index (χ4n) is 18.3. The van der Waals surface area contributed by atoms with Crippen LogP contribution in [0.4, 0.5) is 22.7 Å². The summed E-state index contributed by atoms with van der Waals surface area (Å²) < 4.78 is 72.8. The number of carbonyl (C=O) groups excluding carboxylic acids is 2. The molecule has 5 aliphatic heterocycles. The molecule has 2 amide bonds. The van der Waals surface area contributed by atoms with Gasteiger partial charge in [0.1, 0.15) is 34.3 Å². The predicted molar refractivity (Wildman–Crippen MR) is 495 cm³/mol. The lowest BCUT2D eigenvalue weighted by Crippen LogP contribution is -2.47. The van der Waals surface area contributed by atoms with Crippen molar-refractivity contribution in [3.05, 3.63) is 233 Å². The van der Waals surface area contributed by atoms with E-state index >= 15 is 0 Å². The van der Waals surface area contributed by atoms with Gasteiger partial charge in [-0.25, -0.2) is 36.2 Å². The number of amides is 2. The highest BCUT2D eigenvalue weighted by atomic mass is 35.5. The lowest BCUT2D eigenvalue weighted by atomic mass is 9.72. The number of ether oxygens (including phenoxy) is 2. The molecule has 9 heterocycles. The van der Waals surface area contributed by atoms with Crippen LogP contribution < -0.4 is 28.7 Å². The zero-order chi connectivity index (χ0) is 87.6. The number of sulfonamides is 2. The Morgan fingerprint density at radius 1 is 0.544 bits per heavy atom. The number of pyridine rings is 2. The molecule has 32 heteroatoms. The number of allylic oxidation sites excluding steroid dienone is 2. The first kappa shape index (κ1) is 88.6. The molecule has 2 atom stereocenters. The van der Waals surface area contributed by atoms with Crippen LogP contribution in [0, 0.1) is 42.9 Å². The maximum absolute atomic E-state index is 14.1. The van der Waals surface area contributed by atoms with Crippen LogP contribution in [0.15, 0.2) is 189 Å². The van der Waals surface area contributed by atoms with E-state index in [-0.39, 0.29) is 66.5 Å². The first-order chi connectivity index (χ1) is 59.9. The highest BCUT2D eigenvalue weighted by Gasteiger charge is 2.38. The molecule has 10 aromatic rings. The Balaban J connectivity index is 0.000000185. The minimum Gasteiger partial charge on any atom is -0.455 e. The third kappa shape index (κ3) is 21.2. The first-order valence-corrected chi connectivity index (χ1v) is 48.3. The molecule has 7 aliphatic rings. The van der Waals surface area contributed by atoms with Crippen molar-refractivity contribution in [2.45, 2.75) is 118 Å². The monoisotopic (exact) mass is 1810 g/mol. The summed E-state index contributed by atoms with van der Waals surface area (Å²) in [6, 6.07) is 39.0. The highest BCUT2D eigenvalue weighted by Crippen LogP contribution is 2.48. The Kier molecular flexibility index (Phi) is 26.6. The predicted octanol–water partition coefficient (Wildman–Crippen LogP) is 18.2. The molecule has 17 rings (SSSR count). The Morgan fingerprint density at radius 3 is 1.39 bits per heavy atom. The van der Waals surface area contributed by atoms with Crippen molar-refractivity contribution in [1.82, 2.24) is 49.0 Å². The number of likely N-dealkylation sites (tertiary alicyclic amines) is 1. The lowest BCUT2D eigenvalue weighted by molar-refractivity contribution is -0.386. The van der Waals surface area contributed by atoms with E-state index in [2.05, 4.69) is 106 Å². The summed E-state index contributed by atoms with van der Waals surface area (Å²) in [6.45, 7) is 21.1. The van der Waals surface area contributed by atoms with E-state index in [0.717, 1.165) is 193 Å². The fraction of sp³-hybridized carbons (Fsp3) is 0.398. The maximum Gasteiger partial charge on any atom is 0.275 e. The molecule has 656 valence electrons. The second-order valence-electron chi connectivity index (χ2n) is 35.7. The minimum atomic E-state index is -4.55. The molecule has 4 N–H and O–H groups in total. The number of nitro benzene ring substituents is 2. The van der Waals surface area contributed by atoms with Crippen molar-refractivity contribution in [2.75, 3.05) is 127 Å². The number of thioether (sulfide) groups is 2. The Morgan fingerprint density at radius 2 is 0.968 bits per heavy atom. The van der Waals surface area contributed by atoms with Crippen LogP contribution in [0.3, 0.4) is 0 Å². The van der Waals surface area contributed by atoms with Crippen molar-refractivity contribution in [3.8, 4) is 23.0 Å². The number of fused-ring (bicyclic) bond motifs is 4. The topological polar surface area (TPSA) is 308 Å². The van der Waals surface area contributed by atoms with Gasteiger partial charge in [-0.05, 0) is 221 Å². The third-order valence-corrected chi connectivity index (χ3v) is 30.7. The van der Waals surface area contributed by atoms with E-state index in [1.54, 1.807) is 61.1 Å². The Hall–Kier alpha value is -9.86. The van der Waals surface area contributed by atoms with Crippen LogP contribution in [-0.2, 0) is 32.9 Å². The van der Waals surface area contributed by atoms with E-state index in [4.69, 9.17) is 32.7 Å². The van der Waals surface area contributed by atoms with Gasteiger partial charge in [-0.2, -0.15) is 0 Å². The second-order valence-corrected chi connectivity index (χ2v) is 42.1. The average Bonchev–Trinajstić information content (AvgIpc) is 0.921. The number of nitrogens with zero attached hydrogens (tertiary/aromatic N) is 10. The largest absolute Gasteiger partial charge is 0.455 e. The molecule has 0 spiro atoms. The number of aromatic amines is 2. The number of anilines is 2. The van der Waals surface area contributed by atoms with Gasteiger partial charge in [0, 0.05) is 180 Å². The highest BCUT2D eigenvalue weighted by molar-refractivity contribution is 7.99. The summed E-state index contributed by atoms with van der Waals surface area (Å²) in [6.07, 6.45) is 17.5. The summed E-state index contributed by atoms with van der Waals surface area (Å²) in [5.41, 5.74) is 12.2. The molecule has 0 saturated carbocycles. The smallest absolute Gasteiger partial charge is 0.275 e. The number of benzene rings is 6. The van der Waals surface area contributed by atoms with Crippen molar-refractivity contribution in [3.63, 3.8) is 0 Å². The molecule has 125 heavy (non-hydrogen) atoms. The molecule has 26 nitrogen and oxygen atoms in total. The van der Waals surface area contributed by atoms with Gasteiger partial charge in [0.2, 0.25) is 0 Å². The summed E-state index contributed by atoms with van der Waals surface area (Å²) in [7, 11) is -5.19. The minimum absolute atomic E-state index is 0.00981. The average molecular weight is 1810 g/mol. The van der Waals surface area contributed by atoms with Crippen LogP contribution in [0.1, 0.15) is 128 Å². The van der Waals surface area contributed by atoms with Crippen molar-refractivity contribution in [1.29, 1.82) is 0 Å². The Bertz CT molecular complexity index is 6060. The summed E-state index contributed by atoms with van der Waals surface area (Å²) in [5.74, 6) is 0.982. The van der Waals surface area contributed by atoms with Crippen LogP contribution in [0.25, 0.3) is 33.2 Å². The molecule has 2 aliphatic carbocycles. The molecule has 0 bridgehead atoms. The lowest BCUT2D eigenvalue weighted by Gasteiger charge is -2.39. The number of carbonyl (C=O) groups is 2. The van der Waals surface area contributed by atoms with E-state index in [1.165, 1.54) is 81.7 Å². The molecular formula is C93H104Cl2N14O12S4. The standard InChI is InChI=1S/C48H54ClN7O6S2.C45H50ClN7O6S2/c1-48(2)14-12-35(42(27-48)33-6-8-36(49)9-7-33)30-54-18-20-55(21-19-54)37-10-11-40(44(24-37)62-38-23-34-13-15-50-46(34)51-28-38)47(57)52-64(60,61)39-25-43(56(58)59)41-22-32(31-63-45(41)26-39)29-53-16-4-3-5-17-53;1-45(2)13-11-32(39(24-45)30-5-7-33(46)8-6-30)27-51-15-17-52(18-16-51)34-9-10-37(41(21-34)59-35-20-31-12-14-47-43(31)48-25-35)44(54)49-61(57,58)36-22-40(53(55)56)38-19-29(26-50(3)4)28-60-42(38)23-36/h6-11,13,15,23-26,28,32H,3-5,12,14,16-22,27,29-31H2,1-2H3,(H,50,51)(H,52,57);5-10,12,14,20-23,25,29H,11,13,15-19,24,26-28H2,1-4H3,(H,47,48)(H,49,54)/t32-;29-/m11/s1. The number of rotatable bonds is 24. The van der Waals surface area contributed by atoms with Crippen molar-refractivity contribution in [2.24, 2.45) is 22.7 Å². The normalized spacial score (nSPS) is 19.0. The van der Waals surface area contributed by atoms with Crippen LogP contribution in [0.5, 0.6) is 23.0 Å². The zero-order valence-corrected chi connectivity index (χ0v) is 75.8. The third-order valence-electron chi connectivity index (χ3n) is 25.0. The van der Waals surface area contributed by atoms with E-state index in [1.807, 2.05) is 61.5 Å². The second kappa shape index (κ2) is 37.6. The zero-order valence-electron chi connectivity index (χ0n) is 71.0. The number of nitrogens with one attached hydrogen (secondary N) is 4. The van der Waals surface area contributed by atoms with Gasteiger partial charge in [0.15, 0.2) is 0 Å². The summed E-state index contributed by atoms with van der Waals surface area (Å²) in [5, 5.41) is 27.7. The van der Waals surface area contributed by atoms with Crippen LogP contribution in [-0.4, -0.2) is 195 Å². The summed E-state index contributed by atoms with van der Waals surface area (Å²) in [4.78, 5) is 81.0. The van der Waals surface area contributed by atoms with Gasteiger partial charge in [-0.15, -0.1) is 23.5 Å². The first-order valence-electron chi connectivity index (χ1n) is 42.7. The number of hydrogen-bond donors (Lipinski definition) is 4. The fourth-order valence-corrected chi connectivity index (χ4v) is 23.2. The number of halogens is 2.